The number of hydrogen-bond acceptors (Lipinski definition) is 11. The van der Waals surface area contributed by atoms with E-state index in [-0.39, 0.29) is 17.3 Å². The van der Waals surface area contributed by atoms with E-state index in [1.807, 2.05) is 0 Å². The Balaban J connectivity index is 1.36. The molecule has 1 aromatic carbocycles. The van der Waals surface area contributed by atoms with E-state index in [4.69, 9.17) is 30.5 Å². The first kappa shape index (κ1) is 27.4. The third-order valence-electron chi connectivity index (χ3n) is 8.11. The number of imidazole rings is 1. The van der Waals surface area contributed by atoms with Crippen LogP contribution in [0.25, 0.3) is 11.2 Å². The molecule has 1 spiro atoms. The second kappa shape index (κ2) is 10.6. The molecule has 2 aliphatic heterocycles. The fraction of sp³-hybridized carbons (Fsp3) is 0.500. The Morgan fingerprint density at radius 1 is 1.05 bits per heavy atom. The van der Waals surface area contributed by atoms with Crippen molar-refractivity contribution in [2.75, 3.05) is 24.6 Å². The summed E-state index contributed by atoms with van der Waals surface area (Å²) in [5.74, 6) is -1.14. The molecule has 13 heteroatoms. The molecule has 1 aliphatic carbocycles. The summed E-state index contributed by atoms with van der Waals surface area (Å²) >= 11 is 6.46. The first-order valence-corrected chi connectivity index (χ1v) is 13.9. The summed E-state index contributed by atoms with van der Waals surface area (Å²) in [4.78, 5) is 51.4. The van der Waals surface area contributed by atoms with Gasteiger partial charge in [0.2, 0.25) is 5.28 Å². The lowest BCUT2D eigenvalue weighted by molar-refractivity contribution is -0.166. The number of aromatic nitrogens is 4. The third-order valence-corrected chi connectivity index (χ3v) is 8.27. The molecule has 4 heterocycles. The topological polar surface area (TPSA) is 135 Å². The van der Waals surface area contributed by atoms with Crippen molar-refractivity contribution in [3.63, 3.8) is 0 Å². The molecule has 6 rings (SSSR count). The third kappa shape index (κ3) is 4.99. The highest BCUT2D eigenvalue weighted by atomic mass is 35.5. The molecule has 12 nitrogen and oxygen atoms in total. The molecule has 41 heavy (non-hydrogen) atoms. The zero-order valence-electron chi connectivity index (χ0n) is 22.9. The Labute approximate surface area is 240 Å². The number of halogens is 1. The van der Waals surface area contributed by atoms with Crippen LogP contribution in [0.3, 0.4) is 0 Å². The van der Waals surface area contributed by atoms with Gasteiger partial charge in [0, 0.05) is 39.3 Å². The number of nitrogens with zero attached hydrogens (tertiary/aromatic N) is 5. The van der Waals surface area contributed by atoms with Gasteiger partial charge >= 0.3 is 17.9 Å². The van der Waals surface area contributed by atoms with Gasteiger partial charge in [0.05, 0.1) is 6.33 Å². The molecule has 2 aromatic heterocycles. The quantitative estimate of drug-likeness (QED) is 0.241. The van der Waals surface area contributed by atoms with Gasteiger partial charge in [-0.2, -0.15) is 9.97 Å². The number of fused-ring (bicyclic) bond motifs is 3. The van der Waals surface area contributed by atoms with Crippen LogP contribution in [0.4, 0.5) is 5.82 Å². The van der Waals surface area contributed by atoms with E-state index in [1.54, 1.807) is 4.57 Å². The van der Waals surface area contributed by atoms with Gasteiger partial charge in [0.15, 0.2) is 35.4 Å². The molecule has 0 saturated carbocycles. The summed E-state index contributed by atoms with van der Waals surface area (Å²) in [6, 6.07) is 8.60. The molecule has 5 atom stereocenters. The molecule has 2 fully saturated rings. The van der Waals surface area contributed by atoms with E-state index in [2.05, 4.69) is 44.1 Å². The zero-order valence-corrected chi connectivity index (χ0v) is 23.7. The van der Waals surface area contributed by atoms with Gasteiger partial charge in [-0.05, 0) is 42.0 Å². The van der Waals surface area contributed by atoms with Gasteiger partial charge in [-0.3, -0.25) is 19.0 Å². The minimum absolute atomic E-state index is 0.0251. The Morgan fingerprint density at radius 3 is 2.56 bits per heavy atom. The Bertz CT molecular complexity index is 1530. The molecule has 2 unspecified atom stereocenters. The average molecular weight is 584 g/mol. The number of benzene rings is 1. The summed E-state index contributed by atoms with van der Waals surface area (Å²) in [5, 5.41) is 0.0251. The van der Waals surface area contributed by atoms with Gasteiger partial charge in [-0.15, -0.1) is 0 Å². The highest BCUT2D eigenvalue weighted by Crippen LogP contribution is 2.47. The van der Waals surface area contributed by atoms with E-state index in [0.717, 1.165) is 32.4 Å². The molecule has 216 valence electrons. The standard InChI is InChI=1S/C28H30ClN5O7/c1-15(35)38-12-20-22(39-16(2)36)23(40-17(3)37)26(41-20)34-14-30-21-24(31-27(29)32-25(21)34)33-11-10-28(13-33)9-8-18-6-4-5-7-19(18)28/h4-7,14,20,22-23,26H,8-13H2,1-3H3/t20-,22+,23?,26-,28?/m1/s1. The maximum atomic E-state index is 12.1. The lowest BCUT2D eigenvalue weighted by atomic mass is 9.81. The Hall–Kier alpha value is -3.77. The van der Waals surface area contributed by atoms with Crippen molar-refractivity contribution < 1.29 is 33.3 Å². The van der Waals surface area contributed by atoms with Gasteiger partial charge in [-0.1, -0.05) is 24.3 Å². The number of rotatable bonds is 6. The smallest absolute Gasteiger partial charge is 0.303 e. The van der Waals surface area contributed by atoms with E-state index in [0.29, 0.717) is 17.0 Å². The second-order valence-corrected chi connectivity index (χ2v) is 11.1. The van der Waals surface area contributed by atoms with E-state index >= 15 is 0 Å². The summed E-state index contributed by atoms with van der Waals surface area (Å²) in [7, 11) is 0. The highest BCUT2D eigenvalue weighted by molar-refractivity contribution is 6.28. The highest BCUT2D eigenvalue weighted by Gasteiger charge is 2.51. The van der Waals surface area contributed by atoms with E-state index in [9.17, 15) is 14.4 Å². The van der Waals surface area contributed by atoms with Crippen molar-refractivity contribution in [1.82, 2.24) is 19.5 Å². The van der Waals surface area contributed by atoms with Crippen molar-refractivity contribution in [1.29, 1.82) is 0 Å². The van der Waals surface area contributed by atoms with Gasteiger partial charge < -0.3 is 23.8 Å². The zero-order chi connectivity index (χ0) is 28.9. The molecule has 3 aliphatic rings. The monoisotopic (exact) mass is 583 g/mol. The molecular weight excluding hydrogens is 554 g/mol. The van der Waals surface area contributed by atoms with Crippen LogP contribution in [-0.2, 0) is 45.2 Å². The normalized spacial score (nSPS) is 26.9. The van der Waals surface area contributed by atoms with Crippen LogP contribution >= 0.6 is 11.6 Å². The SMILES string of the molecule is CC(=O)OC[C@H]1O[C@@H](n2cnc3c(N4CCC5(CCc6ccccc65)C4)nc(Cl)nc32)C(OC(C)=O)[C@H]1OC(C)=O. The fourth-order valence-electron chi connectivity index (χ4n) is 6.44. The van der Waals surface area contributed by atoms with Crippen molar-refractivity contribution in [3.05, 3.63) is 47.0 Å². The minimum Gasteiger partial charge on any atom is -0.463 e. The van der Waals surface area contributed by atoms with Crippen molar-refractivity contribution in [3.8, 4) is 0 Å². The molecule has 2 saturated heterocycles. The molecule has 0 amide bonds. The number of ether oxygens (including phenoxy) is 4. The van der Waals surface area contributed by atoms with Crippen LogP contribution in [0.1, 0.15) is 51.0 Å². The van der Waals surface area contributed by atoms with Gasteiger partial charge in [0.1, 0.15) is 12.7 Å². The largest absolute Gasteiger partial charge is 0.463 e. The maximum Gasteiger partial charge on any atom is 0.303 e. The summed E-state index contributed by atoms with van der Waals surface area (Å²) in [6.45, 7) is 5.07. The van der Waals surface area contributed by atoms with Crippen molar-refractivity contribution in [2.45, 2.75) is 70.0 Å². The molecule has 3 aromatic rings. The Morgan fingerprint density at radius 2 is 1.80 bits per heavy atom. The minimum atomic E-state index is -1.07. The lowest BCUT2D eigenvalue weighted by Crippen LogP contribution is -2.40. The van der Waals surface area contributed by atoms with Crippen LogP contribution < -0.4 is 4.90 Å². The molecule has 0 N–H and O–H groups in total. The van der Waals surface area contributed by atoms with Crippen molar-refractivity contribution in [2.24, 2.45) is 0 Å². The van der Waals surface area contributed by atoms with Crippen LogP contribution in [0.15, 0.2) is 30.6 Å². The van der Waals surface area contributed by atoms with Crippen molar-refractivity contribution >= 4 is 46.5 Å². The fourth-order valence-corrected chi connectivity index (χ4v) is 6.60. The van der Waals surface area contributed by atoms with Crippen LogP contribution in [0.2, 0.25) is 5.28 Å². The summed E-state index contributed by atoms with van der Waals surface area (Å²) in [6.07, 6.45) is 0.582. The van der Waals surface area contributed by atoms with Crippen LogP contribution in [0.5, 0.6) is 0 Å². The van der Waals surface area contributed by atoms with E-state index < -0.39 is 42.4 Å². The average Bonchev–Trinajstić information content (AvgIpc) is 3.69. The van der Waals surface area contributed by atoms with Gasteiger partial charge in [-0.25, -0.2) is 4.98 Å². The van der Waals surface area contributed by atoms with Gasteiger partial charge in [0.25, 0.3) is 0 Å². The van der Waals surface area contributed by atoms with Crippen LogP contribution in [0, 0.1) is 0 Å². The number of aryl methyl sites for hydroxylation is 1. The number of carbonyl (C=O) groups excluding carboxylic acids is 3. The molecular formula is C28H30ClN5O7. The number of anilines is 1. The predicted octanol–water partition coefficient (Wildman–Crippen LogP) is 2.90. The Kier molecular flexibility index (Phi) is 7.06. The summed E-state index contributed by atoms with van der Waals surface area (Å²) in [5.41, 5.74) is 3.70. The first-order valence-electron chi connectivity index (χ1n) is 13.5. The molecule has 0 bridgehead atoms. The predicted molar refractivity (Wildman–Crippen MR) is 145 cm³/mol. The number of esters is 3. The number of carbonyl (C=O) groups is 3. The number of hydrogen-bond donors (Lipinski definition) is 0. The maximum absolute atomic E-state index is 12.1. The lowest BCUT2D eigenvalue weighted by Gasteiger charge is -2.26. The van der Waals surface area contributed by atoms with E-state index in [1.165, 1.54) is 38.2 Å². The first-order chi connectivity index (χ1) is 19.6. The summed E-state index contributed by atoms with van der Waals surface area (Å²) < 4.78 is 24.0. The second-order valence-electron chi connectivity index (χ2n) is 10.8. The molecule has 0 radical (unpaired) electrons. The van der Waals surface area contributed by atoms with Crippen LogP contribution in [-0.4, -0.2) is 75.4 Å².